The maximum absolute atomic E-state index is 6.35. The van der Waals surface area contributed by atoms with Crippen LogP contribution < -0.4 is 19.9 Å². The molecule has 0 aliphatic carbocycles. The number of rotatable bonds is 8. The average Bonchev–Trinajstić information content (AvgIpc) is 2.60. The first-order chi connectivity index (χ1) is 12.8. The molecule has 0 fully saturated rings. The van der Waals surface area contributed by atoms with Gasteiger partial charge in [0.2, 0.25) is 0 Å². The molecule has 5 heteroatoms. The maximum Gasteiger partial charge on any atom is 0.179 e. The van der Waals surface area contributed by atoms with Crippen molar-refractivity contribution in [1.82, 2.24) is 0 Å². The molecular weight excluding hydrogens is 362 g/mol. The number of ether oxygens (including phenoxy) is 3. The van der Waals surface area contributed by atoms with E-state index in [1.54, 1.807) is 6.07 Å². The van der Waals surface area contributed by atoms with Crippen LogP contribution in [0.1, 0.15) is 44.4 Å². The van der Waals surface area contributed by atoms with Gasteiger partial charge in [-0.3, -0.25) is 0 Å². The van der Waals surface area contributed by atoms with Gasteiger partial charge in [0.15, 0.2) is 11.5 Å². The topological polar surface area (TPSA) is 53.7 Å². The summed E-state index contributed by atoms with van der Waals surface area (Å²) < 4.78 is 17.5. The Morgan fingerprint density at radius 3 is 2.30 bits per heavy atom. The zero-order valence-corrected chi connectivity index (χ0v) is 17.7. The summed E-state index contributed by atoms with van der Waals surface area (Å²) >= 11 is 6.35. The molecule has 0 saturated carbocycles. The molecule has 0 spiro atoms. The molecule has 0 atom stereocenters. The van der Waals surface area contributed by atoms with Crippen molar-refractivity contribution in [3.8, 4) is 17.2 Å². The summed E-state index contributed by atoms with van der Waals surface area (Å²) in [7, 11) is 0. The summed E-state index contributed by atoms with van der Waals surface area (Å²) in [5, 5.41) is 0.493. The fourth-order valence-corrected chi connectivity index (χ4v) is 3.08. The Morgan fingerprint density at radius 1 is 0.963 bits per heavy atom. The number of benzene rings is 2. The largest absolute Gasteiger partial charge is 0.490 e. The zero-order chi connectivity index (χ0) is 20.0. The maximum atomic E-state index is 6.35. The van der Waals surface area contributed by atoms with Crippen LogP contribution in [0.15, 0.2) is 30.3 Å². The third-order valence-corrected chi connectivity index (χ3v) is 4.42. The van der Waals surface area contributed by atoms with E-state index in [1.807, 2.05) is 19.1 Å². The van der Waals surface area contributed by atoms with Crippen LogP contribution in [0.4, 0.5) is 0 Å². The Labute approximate surface area is 167 Å². The van der Waals surface area contributed by atoms with E-state index < -0.39 is 0 Å². The first kappa shape index (κ1) is 21.4. The lowest BCUT2D eigenvalue weighted by Crippen LogP contribution is -2.16. The lowest BCUT2D eigenvalue weighted by molar-refractivity contribution is 0.206. The van der Waals surface area contributed by atoms with Gasteiger partial charge < -0.3 is 19.9 Å². The second-order valence-electron chi connectivity index (χ2n) is 7.49. The van der Waals surface area contributed by atoms with Gasteiger partial charge in [0, 0.05) is 6.54 Å². The van der Waals surface area contributed by atoms with E-state index in [9.17, 15) is 0 Å². The van der Waals surface area contributed by atoms with E-state index in [1.165, 1.54) is 11.1 Å². The highest BCUT2D eigenvalue weighted by atomic mass is 35.5. The lowest BCUT2D eigenvalue weighted by Gasteiger charge is -2.23. The molecule has 0 radical (unpaired) electrons. The summed E-state index contributed by atoms with van der Waals surface area (Å²) in [6, 6.07) is 9.92. The fraction of sp³-hybridized carbons (Fsp3) is 0.455. The van der Waals surface area contributed by atoms with Gasteiger partial charge in [-0.05, 0) is 48.6 Å². The Morgan fingerprint density at radius 2 is 1.67 bits per heavy atom. The van der Waals surface area contributed by atoms with Crippen LogP contribution in [-0.2, 0) is 12.0 Å². The standard InChI is InChI=1S/C22H30ClNO3/c1-6-25-20-13-16(14-24)12-18(23)21(20)27-10-9-26-19-8-7-15(2)11-17(19)22(3,4)5/h7-8,11-13H,6,9-10,14,24H2,1-5H3. The average molecular weight is 392 g/mol. The van der Waals surface area contributed by atoms with Gasteiger partial charge >= 0.3 is 0 Å². The number of aryl methyl sites for hydroxylation is 1. The van der Waals surface area contributed by atoms with Gasteiger partial charge in [0.05, 0.1) is 11.6 Å². The number of hydrogen-bond acceptors (Lipinski definition) is 4. The normalized spacial score (nSPS) is 11.4. The van der Waals surface area contributed by atoms with Crippen molar-refractivity contribution in [2.75, 3.05) is 19.8 Å². The van der Waals surface area contributed by atoms with Crippen molar-refractivity contribution in [2.24, 2.45) is 5.73 Å². The smallest absolute Gasteiger partial charge is 0.179 e. The summed E-state index contributed by atoms with van der Waals surface area (Å²) in [5.41, 5.74) is 9.02. The highest BCUT2D eigenvalue weighted by Crippen LogP contribution is 2.37. The minimum absolute atomic E-state index is 0.00566. The van der Waals surface area contributed by atoms with Crippen LogP contribution in [0.3, 0.4) is 0 Å². The Balaban J connectivity index is 2.06. The van der Waals surface area contributed by atoms with E-state index in [0.717, 1.165) is 11.3 Å². The monoisotopic (exact) mass is 391 g/mol. The van der Waals surface area contributed by atoms with Crippen molar-refractivity contribution in [1.29, 1.82) is 0 Å². The summed E-state index contributed by atoms with van der Waals surface area (Å²) in [6.07, 6.45) is 0. The molecule has 0 aliphatic rings. The van der Waals surface area contributed by atoms with Crippen molar-refractivity contribution >= 4 is 11.6 Å². The highest BCUT2D eigenvalue weighted by molar-refractivity contribution is 6.32. The molecule has 0 aliphatic heterocycles. The molecule has 27 heavy (non-hydrogen) atoms. The molecule has 0 unspecified atom stereocenters. The molecule has 2 aromatic rings. The molecule has 148 valence electrons. The number of nitrogens with two attached hydrogens (primary N) is 1. The number of halogens is 1. The van der Waals surface area contributed by atoms with Gasteiger partial charge in [0.1, 0.15) is 19.0 Å². The van der Waals surface area contributed by atoms with Gasteiger partial charge in [-0.25, -0.2) is 0 Å². The fourth-order valence-electron chi connectivity index (χ4n) is 2.79. The van der Waals surface area contributed by atoms with Crippen LogP contribution in [0, 0.1) is 6.92 Å². The van der Waals surface area contributed by atoms with E-state index in [-0.39, 0.29) is 5.41 Å². The molecule has 0 aromatic heterocycles. The zero-order valence-electron chi connectivity index (χ0n) is 16.9. The van der Waals surface area contributed by atoms with E-state index in [2.05, 4.69) is 39.8 Å². The van der Waals surface area contributed by atoms with Crippen LogP contribution >= 0.6 is 11.6 Å². The summed E-state index contributed by atoms with van der Waals surface area (Å²) in [4.78, 5) is 0. The Kier molecular flexibility index (Phi) is 7.40. The Hall–Kier alpha value is -1.91. The molecule has 0 heterocycles. The minimum Gasteiger partial charge on any atom is -0.490 e. The molecule has 2 aromatic carbocycles. The highest BCUT2D eigenvalue weighted by Gasteiger charge is 2.19. The predicted molar refractivity (Wildman–Crippen MR) is 111 cm³/mol. The molecule has 0 saturated heterocycles. The predicted octanol–water partition coefficient (Wildman–Crippen LogP) is 5.26. The summed E-state index contributed by atoms with van der Waals surface area (Å²) in [5.74, 6) is 2.02. The van der Waals surface area contributed by atoms with E-state index in [0.29, 0.717) is 42.9 Å². The first-order valence-corrected chi connectivity index (χ1v) is 9.66. The van der Waals surface area contributed by atoms with E-state index in [4.69, 9.17) is 31.5 Å². The SMILES string of the molecule is CCOc1cc(CN)cc(Cl)c1OCCOc1ccc(C)cc1C(C)(C)C. The minimum atomic E-state index is 0.00566. The molecule has 0 amide bonds. The van der Waals surface area contributed by atoms with Crippen LogP contribution in [0.2, 0.25) is 5.02 Å². The second kappa shape index (κ2) is 9.34. The molecule has 2 rings (SSSR count). The van der Waals surface area contributed by atoms with Gasteiger partial charge in [0.25, 0.3) is 0 Å². The van der Waals surface area contributed by atoms with Crippen molar-refractivity contribution in [2.45, 2.75) is 46.6 Å². The van der Waals surface area contributed by atoms with Crippen LogP contribution in [-0.4, -0.2) is 19.8 Å². The second-order valence-corrected chi connectivity index (χ2v) is 7.90. The van der Waals surface area contributed by atoms with Gasteiger partial charge in [-0.15, -0.1) is 0 Å². The third-order valence-electron chi connectivity index (χ3n) is 4.14. The van der Waals surface area contributed by atoms with Gasteiger partial charge in [-0.2, -0.15) is 0 Å². The quantitative estimate of drug-likeness (QED) is 0.623. The molecule has 0 bridgehead atoms. The first-order valence-electron chi connectivity index (χ1n) is 9.28. The van der Waals surface area contributed by atoms with Gasteiger partial charge in [-0.1, -0.05) is 50.1 Å². The van der Waals surface area contributed by atoms with Crippen molar-refractivity contribution < 1.29 is 14.2 Å². The van der Waals surface area contributed by atoms with Crippen LogP contribution in [0.25, 0.3) is 0 Å². The molecule has 4 nitrogen and oxygen atoms in total. The molecule has 2 N–H and O–H groups in total. The van der Waals surface area contributed by atoms with E-state index >= 15 is 0 Å². The Bertz CT molecular complexity index is 769. The lowest BCUT2D eigenvalue weighted by atomic mass is 9.85. The van der Waals surface area contributed by atoms with Crippen molar-refractivity contribution in [3.63, 3.8) is 0 Å². The van der Waals surface area contributed by atoms with Crippen molar-refractivity contribution in [3.05, 3.63) is 52.0 Å². The third kappa shape index (κ3) is 5.78. The van der Waals surface area contributed by atoms with Crippen LogP contribution in [0.5, 0.6) is 17.2 Å². The number of hydrogen-bond donors (Lipinski definition) is 1. The summed E-state index contributed by atoms with van der Waals surface area (Å²) in [6.45, 7) is 12.2. The molecular formula is C22H30ClNO3.